The molecule has 0 saturated heterocycles. The van der Waals surface area contributed by atoms with Gasteiger partial charge in [0.15, 0.2) is 0 Å². The minimum absolute atomic E-state index is 0.607. The molecule has 0 bridgehead atoms. The summed E-state index contributed by atoms with van der Waals surface area (Å²) in [5.74, 6) is 0. The van der Waals surface area contributed by atoms with Gasteiger partial charge >= 0.3 is 0 Å². The van der Waals surface area contributed by atoms with Crippen LogP contribution in [0.15, 0.2) is 23.2 Å². The standard InChI is InChI=1S/C11H9Cl2N/c1-14-10-4-2-3-8-7(10)5-6-9(12)11(8)13/h4-6H,1-3H2. The predicted octanol–water partition coefficient (Wildman–Crippen LogP) is 3.98. The first-order valence-corrected chi connectivity index (χ1v) is 5.13. The highest BCUT2D eigenvalue weighted by atomic mass is 35.5. The van der Waals surface area contributed by atoms with E-state index in [9.17, 15) is 0 Å². The highest BCUT2D eigenvalue weighted by Gasteiger charge is 2.15. The molecule has 0 N–H and O–H groups in total. The van der Waals surface area contributed by atoms with Crippen LogP contribution in [0.2, 0.25) is 10.0 Å². The van der Waals surface area contributed by atoms with Crippen LogP contribution < -0.4 is 0 Å². The van der Waals surface area contributed by atoms with E-state index < -0.39 is 0 Å². The van der Waals surface area contributed by atoms with Crippen LogP contribution in [0.5, 0.6) is 0 Å². The molecule has 0 spiro atoms. The first kappa shape index (κ1) is 9.75. The molecule has 0 heterocycles. The van der Waals surface area contributed by atoms with E-state index in [1.54, 1.807) is 6.07 Å². The normalized spacial score (nSPS) is 14.6. The second kappa shape index (κ2) is 3.76. The Morgan fingerprint density at radius 1 is 1.29 bits per heavy atom. The molecule has 0 radical (unpaired) electrons. The number of aliphatic imine (C=N–C) groups is 1. The molecule has 0 unspecified atom stereocenters. The van der Waals surface area contributed by atoms with Gasteiger partial charge in [-0.05, 0) is 31.2 Å². The lowest BCUT2D eigenvalue weighted by Gasteiger charge is -2.16. The molecule has 0 atom stereocenters. The maximum atomic E-state index is 6.11. The van der Waals surface area contributed by atoms with Crippen molar-refractivity contribution in [3.63, 3.8) is 0 Å². The maximum absolute atomic E-state index is 6.11. The molecule has 1 nitrogen and oxygen atoms in total. The third-order valence-corrected chi connectivity index (χ3v) is 3.22. The summed E-state index contributed by atoms with van der Waals surface area (Å²) in [5, 5.41) is 1.26. The molecule has 0 saturated carbocycles. The van der Waals surface area contributed by atoms with Crippen LogP contribution in [-0.2, 0) is 6.42 Å². The number of allylic oxidation sites excluding steroid dienone is 1. The topological polar surface area (TPSA) is 12.4 Å². The summed E-state index contributed by atoms with van der Waals surface area (Å²) >= 11 is 12.1. The summed E-state index contributed by atoms with van der Waals surface area (Å²) < 4.78 is 0. The first-order valence-electron chi connectivity index (χ1n) is 4.38. The first-order chi connectivity index (χ1) is 6.74. The van der Waals surface area contributed by atoms with Gasteiger partial charge in [-0.1, -0.05) is 35.3 Å². The van der Waals surface area contributed by atoms with Crippen LogP contribution in [0.25, 0.3) is 5.70 Å². The highest BCUT2D eigenvalue weighted by Crippen LogP contribution is 2.35. The van der Waals surface area contributed by atoms with Crippen LogP contribution in [0, 0.1) is 0 Å². The van der Waals surface area contributed by atoms with Crippen molar-refractivity contribution in [3.8, 4) is 0 Å². The molecule has 14 heavy (non-hydrogen) atoms. The predicted molar refractivity (Wildman–Crippen MR) is 62.3 cm³/mol. The minimum Gasteiger partial charge on any atom is -0.264 e. The Labute approximate surface area is 93.1 Å². The Morgan fingerprint density at radius 3 is 2.79 bits per heavy atom. The number of halogens is 2. The van der Waals surface area contributed by atoms with Crippen LogP contribution in [-0.4, -0.2) is 6.72 Å². The smallest absolute Gasteiger partial charge is 0.0658 e. The minimum atomic E-state index is 0.607. The van der Waals surface area contributed by atoms with Crippen LogP contribution in [0.3, 0.4) is 0 Å². The zero-order valence-electron chi connectivity index (χ0n) is 7.56. The van der Waals surface area contributed by atoms with E-state index in [4.69, 9.17) is 23.2 Å². The average Bonchev–Trinajstić information content (AvgIpc) is 2.23. The number of rotatable bonds is 1. The van der Waals surface area contributed by atoms with Gasteiger partial charge < -0.3 is 0 Å². The number of fused-ring (bicyclic) bond motifs is 1. The fraction of sp³-hybridized carbons (Fsp3) is 0.182. The van der Waals surface area contributed by atoms with Crippen LogP contribution in [0.4, 0.5) is 0 Å². The third-order valence-electron chi connectivity index (χ3n) is 2.37. The van der Waals surface area contributed by atoms with Gasteiger partial charge in [-0.25, -0.2) is 0 Å². The Kier molecular flexibility index (Phi) is 2.62. The molecular formula is C11H9Cl2N. The van der Waals surface area contributed by atoms with Gasteiger partial charge in [0.25, 0.3) is 0 Å². The molecule has 1 aliphatic carbocycles. The highest BCUT2D eigenvalue weighted by molar-refractivity contribution is 6.42. The molecule has 72 valence electrons. The molecule has 1 aromatic rings. The van der Waals surface area contributed by atoms with E-state index in [-0.39, 0.29) is 0 Å². The third kappa shape index (κ3) is 1.47. The summed E-state index contributed by atoms with van der Waals surface area (Å²) in [6.45, 7) is 3.54. The van der Waals surface area contributed by atoms with Crippen molar-refractivity contribution in [2.45, 2.75) is 12.8 Å². The van der Waals surface area contributed by atoms with E-state index in [1.165, 1.54) is 0 Å². The molecule has 1 aromatic carbocycles. The van der Waals surface area contributed by atoms with Crippen molar-refractivity contribution in [1.29, 1.82) is 0 Å². The van der Waals surface area contributed by atoms with Gasteiger partial charge in [-0.3, -0.25) is 4.99 Å². The molecule has 0 amide bonds. The zero-order valence-corrected chi connectivity index (χ0v) is 9.07. The Bertz CT molecular complexity index is 422. The summed E-state index contributed by atoms with van der Waals surface area (Å²) in [6.07, 6.45) is 3.94. The zero-order chi connectivity index (χ0) is 10.1. The lowest BCUT2D eigenvalue weighted by molar-refractivity contribution is 0.973. The average molecular weight is 226 g/mol. The fourth-order valence-electron chi connectivity index (χ4n) is 1.69. The fourth-order valence-corrected chi connectivity index (χ4v) is 2.13. The summed E-state index contributed by atoms with van der Waals surface area (Å²) in [4.78, 5) is 3.97. The van der Waals surface area contributed by atoms with Gasteiger partial charge in [0.1, 0.15) is 0 Å². The van der Waals surface area contributed by atoms with Gasteiger partial charge in [0.2, 0.25) is 0 Å². The maximum Gasteiger partial charge on any atom is 0.0658 e. The summed E-state index contributed by atoms with van der Waals surface area (Å²) in [6, 6.07) is 3.75. The van der Waals surface area contributed by atoms with E-state index in [1.807, 2.05) is 6.07 Å². The van der Waals surface area contributed by atoms with Crippen molar-refractivity contribution in [3.05, 3.63) is 39.4 Å². The molecule has 0 fully saturated rings. The van der Waals surface area contributed by atoms with Gasteiger partial charge in [-0.15, -0.1) is 0 Å². The summed E-state index contributed by atoms with van der Waals surface area (Å²) in [7, 11) is 0. The van der Waals surface area contributed by atoms with E-state index >= 15 is 0 Å². The monoisotopic (exact) mass is 225 g/mol. The molecule has 3 heteroatoms. The van der Waals surface area contributed by atoms with Crippen molar-refractivity contribution in [2.75, 3.05) is 0 Å². The molecule has 2 rings (SSSR count). The number of nitrogens with zero attached hydrogens (tertiary/aromatic N) is 1. The lowest BCUT2D eigenvalue weighted by atomic mass is 9.95. The second-order valence-corrected chi connectivity index (χ2v) is 3.96. The molecule has 1 aliphatic rings. The van der Waals surface area contributed by atoms with Gasteiger partial charge in [0, 0.05) is 5.56 Å². The van der Waals surface area contributed by atoms with Crippen molar-refractivity contribution < 1.29 is 0 Å². The Hall–Kier alpha value is -0.790. The number of benzene rings is 1. The largest absolute Gasteiger partial charge is 0.264 e. The quantitative estimate of drug-likeness (QED) is 0.642. The van der Waals surface area contributed by atoms with E-state index in [2.05, 4.69) is 17.8 Å². The van der Waals surface area contributed by atoms with Crippen molar-refractivity contribution in [2.24, 2.45) is 4.99 Å². The summed E-state index contributed by atoms with van der Waals surface area (Å²) in [5.41, 5.74) is 3.05. The Morgan fingerprint density at radius 2 is 2.07 bits per heavy atom. The van der Waals surface area contributed by atoms with Crippen LogP contribution in [0.1, 0.15) is 17.5 Å². The van der Waals surface area contributed by atoms with Gasteiger partial charge in [0.05, 0.1) is 15.7 Å². The Balaban J connectivity index is 2.64. The molecule has 0 aromatic heterocycles. The molecule has 0 aliphatic heterocycles. The number of hydrogen-bond acceptors (Lipinski definition) is 1. The second-order valence-electron chi connectivity index (χ2n) is 3.17. The number of hydrogen-bond donors (Lipinski definition) is 0. The van der Waals surface area contributed by atoms with E-state index in [0.717, 1.165) is 29.7 Å². The SMILES string of the molecule is C=NC1=CCCc2c1ccc(Cl)c2Cl. The van der Waals surface area contributed by atoms with E-state index in [0.29, 0.717) is 10.0 Å². The van der Waals surface area contributed by atoms with Crippen molar-refractivity contribution >= 4 is 35.6 Å². The van der Waals surface area contributed by atoms with Crippen molar-refractivity contribution in [1.82, 2.24) is 0 Å². The molecular weight excluding hydrogens is 217 g/mol. The van der Waals surface area contributed by atoms with Crippen LogP contribution >= 0.6 is 23.2 Å². The van der Waals surface area contributed by atoms with Gasteiger partial charge in [-0.2, -0.15) is 0 Å². The lowest BCUT2D eigenvalue weighted by Crippen LogP contribution is -1.99.